The summed E-state index contributed by atoms with van der Waals surface area (Å²) in [4.78, 5) is 24.3. The van der Waals surface area contributed by atoms with Gasteiger partial charge in [-0.2, -0.15) is 0 Å². The molecule has 0 saturated carbocycles. The standard InChI is InChI=1S/C40H52O2/c1-29(17-13-19-31(3)21-23-35-33(5)37(41)25-27-39(35,7)8)15-11-12-16-30(2)18-14-20-32(4)22-24-36-34(6)38(42)26-28-40(36,9)10/h11-24H,25-28H2,1-10H3/b12-11?,17-13+,18-14?,23-21+,24-22?,29-15?,30-16?,31-19+,32-20?. The zero-order valence-electron chi connectivity index (χ0n) is 27.7. The minimum absolute atomic E-state index is 0.0404. The van der Waals surface area contributed by atoms with Gasteiger partial charge >= 0.3 is 0 Å². The Morgan fingerprint density at radius 1 is 0.524 bits per heavy atom. The molecular weight excluding hydrogens is 512 g/mol. The van der Waals surface area contributed by atoms with Crippen LogP contribution in [0.2, 0.25) is 0 Å². The van der Waals surface area contributed by atoms with Crippen molar-refractivity contribution in [1.82, 2.24) is 0 Å². The van der Waals surface area contributed by atoms with Crippen LogP contribution in [0.15, 0.2) is 130 Å². The van der Waals surface area contributed by atoms with Gasteiger partial charge in [-0.05, 0) is 87.5 Å². The summed E-state index contributed by atoms with van der Waals surface area (Å²) >= 11 is 0. The smallest absolute Gasteiger partial charge is 0.158 e. The van der Waals surface area contributed by atoms with Gasteiger partial charge in [0.25, 0.3) is 0 Å². The van der Waals surface area contributed by atoms with Gasteiger partial charge in [0.05, 0.1) is 0 Å². The van der Waals surface area contributed by atoms with Gasteiger partial charge in [0.15, 0.2) is 11.6 Å². The Balaban J connectivity index is 1.93. The van der Waals surface area contributed by atoms with Gasteiger partial charge in [-0.15, -0.1) is 0 Å². The van der Waals surface area contributed by atoms with Crippen LogP contribution in [-0.2, 0) is 9.59 Å². The lowest BCUT2D eigenvalue weighted by atomic mass is 9.72. The third-order valence-corrected chi connectivity index (χ3v) is 8.35. The molecule has 2 aliphatic rings. The quantitative estimate of drug-likeness (QED) is 0.247. The maximum absolute atomic E-state index is 12.2. The van der Waals surface area contributed by atoms with E-state index in [1.54, 1.807) is 0 Å². The van der Waals surface area contributed by atoms with Crippen LogP contribution in [0.1, 0.15) is 94.9 Å². The van der Waals surface area contributed by atoms with Crippen molar-refractivity contribution in [1.29, 1.82) is 0 Å². The molecule has 0 N–H and O–H groups in total. The maximum atomic E-state index is 12.2. The maximum Gasteiger partial charge on any atom is 0.158 e. The second-order valence-electron chi connectivity index (χ2n) is 13.1. The summed E-state index contributed by atoms with van der Waals surface area (Å²) in [6.07, 6.45) is 32.4. The van der Waals surface area contributed by atoms with E-state index in [9.17, 15) is 9.59 Å². The normalized spacial score (nSPS) is 21.6. The first-order chi connectivity index (χ1) is 19.6. The molecule has 224 valence electrons. The lowest BCUT2D eigenvalue weighted by Gasteiger charge is -2.32. The third kappa shape index (κ3) is 10.7. The first-order valence-electron chi connectivity index (χ1n) is 15.2. The molecule has 0 aromatic heterocycles. The van der Waals surface area contributed by atoms with Crippen molar-refractivity contribution in [3.63, 3.8) is 0 Å². The highest BCUT2D eigenvalue weighted by atomic mass is 16.1. The molecule has 0 heterocycles. The number of ketones is 2. The summed E-state index contributed by atoms with van der Waals surface area (Å²) in [5.74, 6) is 0.542. The van der Waals surface area contributed by atoms with Gasteiger partial charge in [0.2, 0.25) is 0 Å². The average Bonchev–Trinajstić information content (AvgIpc) is 2.91. The first kappa shape index (κ1) is 34.7. The topological polar surface area (TPSA) is 34.1 Å². The second-order valence-corrected chi connectivity index (χ2v) is 13.1. The molecule has 2 nitrogen and oxygen atoms in total. The summed E-state index contributed by atoms with van der Waals surface area (Å²) in [6, 6.07) is 0. The van der Waals surface area contributed by atoms with E-state index in [0.717, 1.165) is 57.4 Å². The molecule has 0 bridgehead atoms. The van der Waals surface area contributed by atoms with Crippen LogP contribution in [-0.4, -0.2) is 11.6 Å². The molecule has 0 radical (unpaired) electrons. The second kappa shape index (κ2) is 15.6. The molecule has 0 aromatic carbocycles. The summed E-state index contributed by atoms with van der Waals surface area (Å²) in [6.45, 7) is 21.1. The molecule has 2 aliphatic carbocycles. The molecule has 0 aliphatic heterocycles. The SMILES string of the molecule is CC(C=CC=C(C)C=CC1=C(C)C(=O)CCC1(C)C)=CC=CC=C(C)/C=C/C=C(C)/C=C/C1=C(C)C(=O)CCC1(C)C. The Hall–Kier alpha value is -3.52. The van der Waals surface area contributed by atoms with Gasteiger partial charge in [-0.3, -0.25) is 9.59 Å². The minimum Gasteiger partial charge on any atom is -0.295 e. The highest BCUT2D eigenvalue weighted by Gasteiger charge is 2.31. The van der Waals surface area contributed by atoms with Crippen molar-refractivity contribution in [3.05, 3.63) is 130 Å². The Morgan fingerprint density at radius 3 is 1.19 bits per heavy atom. The number of hydrogen-bond acceptors (Lipinski definition) is 2. The molecule has 0 aromatic rings. The van der Waals surface area contributed by atoms with E-state index in [1.165, 1.54) is 0 Å². The van der Waals surface area contributed by atoms with Crippen LogP contribution < -0.4 is 0 Å². The number of carbonyl (C=O) groups is 2. The van der Waals surface area contributed by atoms with E-state index in [-0.39, 0.29) is 22.4 Å². The molecule has 0 fully saturated rings. The molecule has 0 atom stereocenters. The first-order valence-corrected chi connectivity index (χ1v) is 15.2. The largest absolute Gasteiger partial charge is 0.295 e. The number of carbonyl (C=O) groups excluding carboxylic acids is 2. The van der Waals surface area contributed by atoms with Gasteiger partial charge in [-0.1, -0.05) is 135 Å². The van der Waals surface area contributed by atoms with Crippen LogP contribution in [0.5, 0.6) is 0 Å². The Kier molecular flexibility index (Phi) is 12.9. The fraction of sp³-hybridized carbons (Fsp3) is 0.400. The summed E-state index contributed by atoms with van der Waals surface area (Å²) < 4.78 is 0. The van der Waals surface area contributed by atoms with Crippen molar-refractivity contribution in [3.8, 4) is 0 Å². The lowest BCUT2D eigenvalue weighted by molar-refractivity contribution is -0.117. The fourth-order valence-electron chi connectivity index (χ4n) is 5.28. The van der Waals surface area contributed by atoms with E-state index in [4.69, 9.17) is 0 Å². The van der Waals surface area contributed by atoms with Gasteiger partial charge < -0.3 is 0 Å². The van der Waals surface area contributed by atoms with Crippen molar-refractivity contribution in [2.45, 2.75) is 94.9 Å². The van der Waals surface area contributed by atoms with Gasteiger partial charge in [-0.25, -0.2) is 0 Å². The third-order valence-electron chi connectivity index (χ3n) is 8.35. The molecule has 0 spiro atoms. The van der Waals surface area contributed by atoms with Crippen LogP contribution in [0.25, 0.3) is 0 Å². The van der Waals surface area contributed by atoms with Crippen LogP contribution in [0, 0.1) is 10.8 Å². The molecule has 0 saturated heterocycles. The molecule has 0 amide bonds. The highest BCUT2D eigenvalue weighted by Crippen LogP contribution is 2.40. The summed E-state index contributed by atoms with van der Waals surface area (Å²) in [7, 11) is 0. The molecular formula is C40H52O2. The fourth-order valence-corrected chi connectivity index (χ4v) is 5.28. The average molecular weight is 565 g/mol. The molecule has 42 heavy (non-hydrogen) atoms. The summed E-state index contributed by atoms with van der Waals surface area (Å²) in [5.41, 5.74) is 8.82. The Labute approximate surface area is 256 Å². The van der Waals surface area contributed by atoms with Crippen LogP contribution >= 0.6 is 0 Å². The molecule has 2 rings (SSSR count). The number of Topliss-reactive ketones (excluding diaryl/α,β-unsaturated/α-hetero) is 2. The van der Waals surface area contributed by atoms with Gasteiger partial charge in [0, 0.05) is 12.8 Å². The zero-order chi connectivity index (χ0) is 31.5. The van der Waals surface area contributed by atoms with Crippen LogP contribution in [0.4, 0.5) is 0 Å². The van der Waals surface area contributed by atoms with Crippen molar-refractivity contribution >= 4 is 11.6 Å². The van der Waals surface area contributed by atoms with Crippen LogP contribution in [0.3, 0.4) is 0 Å². The molecule has 0 unspecified atom stereocenters. The Morgan fingerprint density at radius 2 is 0.833 bits per heavy atom. The van der Waals surface area contributed by atoms with E-state index in [2.05, 4.69) is 140 Å². The number of allylic oxidation sites excluding steroid dienone is 22. The van der Waals surface area contributed by atoms with Crippen molar-refractivity contribution in [2.75, 3.05) is 0 Å². The monoisotopic (exact) mass is 564 g/mol. The number of rotatable bonds is 10. The lowest BCUT2D eigenvalue weighted by Crippen LogP contribution is -2.24. The Bertz CT molecular complexity index is 1270. The number of hydrogen-bond donors (Lipinski definition) is 0. The molecule has 2 heteroatoms. The van der Waals surface area contributed by atoms with E-state index >= 15 is 0 Å². The van der Waals surface area contributed by atoms with E-state index in [0.29, 0.717) is 12.8 Å². The highest BCUT2D eigenvalue weighted by molar-refractivity contribution is 5.97. The van der Waals surface area contributed by atoms with E-state index < -0.39 is 0 Å². The summed E-state index contributed by atoms with van der Waals surface area (Å²) in [5, 5.41) is 0. The van der Waals surface area contributed by atoms with Gasteiger partial charge in [0.1, 0.15) is 0 Å². The zero-order valence-corrected chi connectivity index (χ0v) is 27.7. The predicted octanol–water partition coefficient (Wildman–Crippen LogP) is 11.0. The minimum atomic E-state index is 0.0404. The predicted molar refractivity (Wildman–Crippen MR) is 182 cm³/mol. The van der Waals surface area contributed by atoms with E-state index in [1.807, 2.05) is 13.8 Å². The van der Waals surface area contributed by atoms with Crippen molar-refractivity contribution in [2.24, 2.45) is 10.8 Å². The van der Waals surface area contributed by atoms with Crippen molar-refractivity contribution < 1.29 is 9.59 Å².